The van der Waals surface area contributed by atoms with E-state index in [1.165, 1.54) is 44.9 Å². The molecule has 1 saturated heterocycles. The minimum Gasteiger partial charge on any atom is -0.479 e. The number of ether oxygens (including phenoxy) is 2. The Morgan fingerprint density at radius 1 is 0.960 bits per heavy atom. The first-order valence-electron chi connectivity index (χ1n) is 9.53. The second kappa shape index (κ2) is 12.6. The van der Waals surface area contributed by atoms with Crippen LogP contribution in [-0.4, -0.2) is 63.7 Å². The number of hydrogen-bond donors (Lipinski definition) is 4. The molecule has 0 aromatic rings. The zero-order valence-corrected chi connectivity index (χ0v) is 15.2. The molecule has 1 aliphatic rings. The summed E-state index contributed by atoms with van der Waals surface area (Å²) in [5.74, 6) is -1.51. The summed E-state index contributed by atoms with van der Waals surface area (Å²) in [5.41, 5.74) is 0. The van der Waals surface area contributed by atoms with Gasteiger partial charge >= 0.3 is 5.97 Å². The Morgan fingerprint density at radius 3 is 2.00 bits per heavy atom. The van der Waals surface area contributed by atoms with E-state index in [1.807, 2.05) is 0 Å². The van der Waals surface area contributed by atoms with Crippen LogP contribution < -0.4 is 0 Å². The van der Waals surface area contributed by atoms with Gasteiger partial charge < -0.3 is 29.9 Å². The van der Waals surface area contributed by atoms with Crippen LogP contribution in [0.25, 0.3) is 0 Å². The van der Waals surface area contributed by atoms with Crippen molar-refractivity contribution in [3.05, 3.63) is 0 Å². The van der Waals surface area contributed by atoms with Gasteiger partial charge in [-0.05, 0) is 6.42 Å². The molecule has 0 spiro atoms. The highest BCUT2D eigenvalue weighted by Crippen LogP contribution is 2.25. The van der Waals surface area contributed by atoms with E-state index in [0.717, 1.165) is 19.3 Å². The van der Waals surface area contributed by atoms with Crippen LogP contribution in [0.5, 0.6) is 0 Å². The largest absolute Gasteiger partial charge is 0.479 e. The second-order valence-corrected chi connectivity index (χ2v) is 6.79. The predicted molar refractivity (Wildman–Crippen MR) is 92.1 cm³/mol. The number of hydrogen-bond acceptors (Lipinski definition) is 6. The van der Waals surface area contributed by atoms with Crippen molar-refractivity contribution in [3.63, 3.8) is 0 Å². The van der Waals surface area contributed by atoms with Crippen molar-refractivity contribution >= 4 is 5.97 Å². The highest BCUT2D eigenvalue weighted by molar-refractivity contribution is 5.72. The van der Waals surface area contributed by atoms with E-state index >= 15 is 0 Å². The van der Waals surface area contributed by atoms with Gasteiger partial charge in [0.15, 0.2) is 12.4 Å². The monoisotopic (exact) mass is 362 g/mol. The first-order valence-corrected chi connectivity index (χ1v) is 9.53. The minimum atomic E-state index is -1.89. The molecule has 1 fully saturated rings. The molecule has 7 heteroatoms. The van der Waals surface area contributed by atoms with Crippen molar-refractivity contribution in [1.29, 1.82) is 0 Å². The van der Waals surface area contributed by atoms with Crippen LogP contribution in [0.4, 0.5) is 0 Å². The fourth-order valence-corrected chi connectivity index (χ4v) is 3.00. The Morgan fingerprint density at radius 2 is 1.48 bits per heavy atom. The predicted octanol–water partition coefficient (Wildman–Crippen LogP) is 1.82. The summed E-state index contributed by atoms with van der Waals surface area (Å²) >= 11 is 0. The van der Waals surface area contributed by atoms with Gasteiger partial charge in [0.2, 0.25) is 0 Å². The van der Waals surface area contributed by atoms with Crippen LogP contribution in [0, 0.1) is 0 Å². The van der Waals surface area contributed by atoms with Gasteiger partial charge in [-0.2, -0.15) is 0 Å². The first-order chi connectivity index (χ1) is 12.0. The van der Waals surface area contributed by atoms with Crippen LogP contribution >= 0.6 is 0 Å². The van der Waals surface area contributed by atoms with Gasteiger partial charge in [0, 0.05) is 6.61 Å². The van der Waals surface area contributed by atoms with Gasteiger partial charge in [-0.15, -0.1) is 0 Å². The maximum absolute atomic E-state index is 10.7. The Balaban J connectivity index is 2.05. The highest BCUT2D eigenvalue weighted by atomic mass is 16.7. The number of carboxylic acid groups (broad SMARTS) is 1. The Hall–Kier alpha value is -0.730. The third-order valence-electron chi connectivity index (χ3n) is 4.60. The molecule has 0 amide bonds. The number of carboxylic acids is 1. The van der Waals surface area contributed by atoms with E-state index in [-0.39, 0.29) is 0 Å². The van der Waals surface area contributed by atoms with Crippen molar-refractivity contribution < 1.29 is 34.7 Å². The summed E-state index contributed by atoms with van der Waals surface area (Å²) in [7, 11) is 0. The number of aliphatic hydroxyl groups is 3. The van der Waals surface area contributed by atoms with E-state index < -0.39 is 36.7 Å². The fraction of sp³-hybridized carbons (Fsp3) is 0.944. The summed E-state index contributed by atoms with van der Waals surface area (Å²) in [6.45, 7) is 2.58. The molecule has 0 bridgehead atoms. The molecule has 0 aromatic heterocycles. The van der Waals surface area contributed by atoms with Crippen molar-refractivity contribution in [2.45, 2.75) is 102 Å². The standard InChI is InChI=1S/C18H34O7/c1-2-3-4-5-6-7-8-9-10-11-12-24-18-14(20)13(19)16(25-18)15(21)17(22)23/h13-16,18-21H,2-12H2,1H3,(H,22,23)/t13-,14+,15-,16+,18?/m0/s1. The van der Waals surface area contributed by atoms with E-state index in [2.05, 4.69) is 6.92 Å². The molecule has 25 heavy (non-hydrogen) atoms. The fourth-order valence-electron chi connectivity index (χ4n) is 3.00. The zero-order valence-electron chi connectivity index (χ0n) is 15.2. The molecule has 7 nitrogen and oxygen atoms in total. The van der Waals surface area contributed by atoms with Crippen LogP contribution in [0.1, 0.15) is 71.1 Å². The third kappa shape index (κ3) is 8.00. The van der Waals surface area contributed by atoms with Crippen molar-refractivity contribution in [3.8, 4) is 0 Å². The maximum Gasteiger partial charge on any atom is 0.335 e. The zero-order chi connectivity index (χ0) is 18.7. The van der Waals surface area contributed by atoms with Gasteiger partial charge in [-0.25, -0.2) is 4.79 Å². The lowest BCUT2D eigenvalue weighted by atomic mass is 10.1. The Labute approximate surface area is 150 Å². The van der Waals surface area contributed by atoms with Gasteiger partial charge in [-0.1, -0.05) is 64.7 Å². The van der Waals surface area contributed by atoms with E-state index in [0.29, 0.717) is 6.61 Å². The number of rotatable bonds is 14. The summed E-state index contributed by atoms with van der Waals surface area (Å²) in [6.07, 6.45) is 4.74. The smallest absolute Gasteiger partial charge is 0.335 e. The van der Waals surface area contributed by atoms with Gasteiger partial charge in [0.1, 0.15) is 18.3 Å². The molecule has 1 rings (SSSR count). The molecule has 0 radical (unpaired) electrons. The van der Waals surface area contributed by atoms with Crippen molar-refractivity contribution in [2.75, 3.05) is 6.61 Å². The molecule has 4 N–H and O–H groups in total. The molecule has 1 unspecified atom stereocenters. The van der Waals surface area contributed by atoms with E-state index in [4.69, 9.17) is 14.6 Å². The summed E-state index contributed by atoms with van der Waals surface area (Å²) in [5, 5.41) is 37.7. The average Bonchev–Trinajstić information content (AvgIpc) is 2.87. The van der Waals surface area contributed by atoms with Crippen LogP contribution in [-0.2, 0) is 14.3 Å². The van der Waals surface area contributed by atoms with Crippen LogP contribution in [0.15, 0.2) is 0 Å². The summed E-state index contributed by atoms with van der Waals surface area (Å²) in [6, 6.07) is 0. The Kier molecular flexibility index (Phi) is 11.2. The van der Waals surface area contributed by atoms with Crippen molar-refractivity contribution in [2.24, 2.45) is 0 Å². The highest BCUT2D eigenvalue weighted by Gasteiger charge is 2.48. The summed E-state index contributed by atoms with van der Waals surface area (Å²) in [4.78, 5) is 10.7. The third-order valence-corrected chi connectivity index (χ3v) is 4.60. The first kappa shape index (κ1) is 22.3. The number of carbonyl (C=O) groups is 1. The molecular formula is C18H34O7. The van der Waals surface area contributed by atoms with Gasteiger partial charge in [-0.3, -0.25) is 0 Å². The van der Waals surface area contributed by atoms with Crippen LogP contribution in [0.3, 0.4) is 0 Å². The molecular weight excluding hydrogens is 328 g/mol. The second-order valence-electron chi connectivity index (χ2n) is 6.79. The SMILES string of the molecule is CCCCCCCCCCCCOC1O[C@@H]([C@H](O)C(=O)O)[C@@H](O)[C@H]1O. The number of aliphatic hydroxyl groups excluding tert-OH is 3. The molecule has 1 heterocycles. The normalized spacial score (nSPS) is 27.5. The lowest BCUT2D eigenvalue weighted by Gasteiger charge is -2.17. The Bertz CT molecular complexity index is 363. The average molecular weight is 362 g/mol. The molecule has 0 aromatic carbocycles. The van der Waals surface area contributed by atoms with Gasteiger partial charge in [0.05, 0.1) is 0 Å². The molecule has 0 aliphatic carbocycles. The molecule has 1 aliphatic heterocycles. The molecule has 148 valence electrons. The minimum absolute atomic E-state index is 0.362. The quantitative estimate of drug-likeness (QED) is 0.348. The van der Waals surface area contributed by atoms with Gasteiger partial charge in [0.25, 0.3) is 0 Å². The number of aliphatic carboxylic acids is 1. The summed E-state index contributed by atoms with van der Waals surface area (Å²) < 4.78 is 10.5. The maximum atomic E-state index is 10.7. The topological polar surface area (TPSA) is 116 Å². The lowest BCUT2D eigenvalue weighted by Crippen LogP contribution is -2.42. The lowest BCUT2D eigenvalue weighted by molar-refractivity contribution is -0.186. The molecule has 0 saturated carbocycles. The van der Waals surface area contributed by atoms with E-state index in [1.54, 1.807) is 0 Å². The number of unbranched alkanes of at least 4 members (excludes halogenated alkanes) is 9. The molecule has 5 atom stereocenters. The van der Waals surface area contributed by atoms with Crippen LogP contribution in [0.2, 0.25) is 0 Å². The van der Waals surface area contributed by atoms with Crippen molar-refractivity contribution in [1.82, 2.24) is 0 Å². The van der Waals surface area contributed by atoms with E-state index in [9.17, 15) is 20.1 Å².